The Labute approximate surface area is 119 Å². The molecule has 0 spiro atoms. The fraction of sp³-hybridized carbons (Fsp3) is 0.267. The highest BCUT2D eigenvalue weighted by Crippen LogP contribution is 2.34. The lowest BCUT2D eigenvalue weighted by molar-refractivity contribution is -0.167. The van der Waals surface area contributed by atoms with E-state index in [9.17, 15) is 28.2 Å². The van der Waals surface area contributed by atoms with Crippen molar-refractivity contribution in [3.05, 3.63) is 46.7 Å². The van der Waals surface area contributed by atoms with Crippen molar-refractivity contribution in [3.8, 4) is 5.75 Å². The van der Waals surface area contributed by atoms with Crippen molar-refractivity contribution in [2.45, 2.75) is 25.4 Å². The van der Waals surface area contributed by atoms with Crippen LogP contribution in [0.5, 0.6) is 5.75 Å². The SMILES string of the molecule is O=C(C1=C(O)/C(=C\c2cccc(O)c2)CCC1)C(F)(F)F. The van der Waals surface area contributed by atoms with Crippen molar-refractivity contribution in [2.75, 3.05) is 0 Å². The van der Waals surface area contributed by atoms with Crippen LogP contribution in [0.1, 0.15) is 24.8 Å². The van der Waals surface area contributed by atoms with Crippen molar-refractivity contribution in [3.63, 3.8) is 0 Å². The number of allylic oxidation sites excluding steroid dienone is 2. The molecule has 1 aromatic carbocycles. The third-order valence-corrected chi connectivity index (χ3v) is 3.21. The summed E-state index contributed by atoms with van der Waals surface area (Å²) in [5.41, 5.74) is 0.205. The van der Waals surface area contributed by atoms with Crippen LogP contribution in [0, 0.1) is 0 Å². The Morgan fingerprint density at radius 1 is 1.19 bits per heavy atom. The van der Waals surface area contributed by atoms with Crippen LogP contribution in [0.3, 0.4) is 0 Å². The van der Waals surface area contributed by atoms with Crippen LogP contribution in [0.2, 0.25) is 0 Å². The molecular weight excluding hydrogens is 285 g/mol. The molecule has 0 amide bonds. The van der Waals surface area contributed by atoms with Crippen molar-refractivity contribution >= 4 is 11.9 Å². The van der Waals surface area contributed by atoms with Crippen LogP contribution in [-0.4, -0.2) is 22.2 Å². The smallest absolute Gasteiger partial charge is 0.454 e. The fourth-order valence-corrected chi connectivity index (χ4v) is 2.23. The topological polar surface area (TPSA) is 57.5 Å². The second-order valence-corrected chi connectivity index (χ2v) is 4.77. The van der Waals surface area contributed by atoms with Gasteiger partial charge in [-0.05, 0) is 48.6 Å². The number of carbonyl (C=O) groups is 1. The number of aliphatic hydroxyl groups is 1. The van der Waals surface area contributed by atoms with Gasteiger partial charge in [-0.2, -0.15) is 13.2 Å². The van der Waals surface area contributed by atoms with E-state index in [1.807, 2.05) is 0 Å². The number of Topliss-reactive ketones (excluding diaryl/α,β-unsaturated/α-hetero) is 1. The Balaban J connectivity index is 2.39. The van der Waals surface area contributed by atoms with Crippen molar-refractivity contribution in [1.82, 2.24) is 0 Å². The van der Waals surface area contributed by atoms with Crippen LogP contribution in [0.25, 0.3) is 6.08 Å². The third-order valence-electron chi connectivity index (χ3n) is 3.21. The van der Waals surface area contributed by atoms with Gasteiger partial charge in [0.1, 0.15) is 11.5 Å². The zero-order chi connectivity index (χ0) is 15.6. The summed E-state index contributed by atoms with van der Waals surface area (Å²) in [6.07, 6.45) is -2.89. The Hall–Kier alpha value is -2.24. The van der Waals surface area contributed by atoms with E-state index >= 15 is 0 Å². The second-order valence-electron chi connectivity index (χ2n) is 4.77. The van der Waals surface area contributed by atoms with E-state index in [2.05, 4.69) is 0 Å². The molecule has 21 heavy (non-hydrogen) atoms. The second kappa shape index (κ2) is 5.63. The molecule has 0 atom stereocenters. The van der Waals surface area contributed by atoms with E-state index in [-0.39, 0.29) is 17.7 Å². The Morgan fingerprint density at radius 3 is 2.52 bits per heavy atom. The number of benzene rings is 1. The van der Waals surface area contributed by atoms with Gasteiger partial charge in [-0.3, -0.25) is 4.79 Å². The average molecular weight is 298 g/mol. The van der Waals surface area contributed by atoms with Crippen molar-refractivity contribution < 1.29 is 28.2 Å². The summed E-state index contributed by atoms with van der Waals surface area (Å²) in [4.78, 5) is 11.3. The molecule has 1 aliphatic rings. The van der Waals surface area contributed by atoms with Gasteiger partial charge in [-0.25, -0.2) is 0 Å². The van der Waals surface area contributed by atoms with Gasteiger partial charge in [0.2, 0.25) is 0 Å². The summed E-state index contributed by atoms with van der Waals surface area (Å²) in [7, 11) is 0. The molecule has 0 aromatic heterocycles. The Kier molecular flexibility index (Phi) is 4.06. The molecule has 0 bridgehead atoms. The highest BCUT2D eigenvalue weighted by Gasteiger charge is 2.42. The summed E-state index contributed by atoms with van der Waals surface area (Å²) in [5.74, 6) is -2.59. The quantitative estimate of drug-likeness (QED) is 0.870. The number of phenolic OH excluding ortho intramolecular Hbond substituents is 1. The number of hydrogen-bond acceptors (Lipinski definition) is 3. The molecule has 1 aromatic rings. The number of alkyl halides is 3. The van der Waals surface area contributed by atoms with Crippen LogP contribution in [0.15, 0.2) is 41.2 Å². The van der Waals surface area contributed by atoms with Gasteiger partial charge in [-0.15, -0.1) is 0 Å². The molecule has 6 heteroatoms. The van der Waals surface area contributed by atoms with Crippen LogP contribution in [0.4, 0.5) is 13.2 Å². The number of hydrogen-bond donors (Lipinski definition) is 2. The first-order chi connectivity index (χ1) is 9.79. The van der Waals surface area contributed by atoms with Gasteiger partial charge in [-0.1, -0.05) is 12.1 Å². The summed E-state index contributed by atoms with van der Waals surface area (Å²) < 4.78 is 37.4. The summed E-state index contributed by atoms with van der Waals surface area (Å²) in [6.45, 7) is 0. The average Bonchev–Trinajstić information content (AvgIpc) is 2.39. The number of phenols is 1. The number of ketones is 1. The summed E-state index contributed by atoms with van der Waals surface area (Å²) >= 11 is 0. The number of aliphatic hydroxyl groups excluding tert-OH is 1. The molecule has 112 valence electrons. The van der Waals surface area contributed by atoms with Crippen molar-refractivity contribution in [1.29, 1.82) is 0 Å². The predicted molar refractivity (Wildman–Crippen MR) is 70.7 cm³/mol. The zero-order valence-electron chi connectivity index (χ0n) is 10.9. The molecule has 0 heterocycles. The van der Waals surface area contributed by atoms with Gasteiger partial charge in [0.05, 0.1) is 0 Å². The minimum absolute atomic E-state index is 0.00946. The van der Waals surface area contributed by atoms with Crippen LogP contribution in [-0.2, 0) is 4.79 Å². The molecule has 0 saturated carbocycles. The minimum Gasteiger partial charge on any atom is -0.508 e. The first-order valence-electron chi connectivity index (χ1n) is 6.32. The normalized spacial score (nSPS) is 18.1. The maximum Gasteiger partial charge on any atom is 0.454 e. The Morgan fingerprint density at radius 2 is 1.90 bits per heavy atom. The Bertz CT molecular complexity index is 627. The van der Waals surface area contributed by atoms with Gasteiger partial charge in [0.25, 0.3) is 5.78 Å². The molecule has 2 rings (SSSR count). The van der Waals surface area contributed by atoms with E-state index in [1.165, 1.54) is 18.2 Å². The van der Waals surface area contributed by atoms with Crippen LogP contribution >= 0.6 is 0 Å². The molecule has 0 unspecified atom stereocenters. The van der Waals surface area contributed by atoms with Gasteiger partial charge >= 0.3 is 6.18 Å². The number of aromatic hydroxyl groups is 1. The molecule has 0 radical (unpaired) electrons. The van der Waals surface area contributed by atoms with Gasteiger partial charge in [0, 0.05) is 5.57 Å². The number of halogens is 3. The summed E-state index contributed by atoms with van der Waals surface area (Å²) in [6, 6.07) is 6.09. The molecule has 1 aliphatic carbocycles. The number of rotatable bonds is 2. The standard InChI is InChI=1S/C15H13F3O3/c16-15(17,18)14(21)12-6-2-4-10(13(12)20)7-9-3-1-5-11(19)8-9/h1,3,5,7-8,19-20H,2,4,6H2/b10-7-. The third kappa shape index (κ3) is 3.45. The predicted octanol–water partition coefficient (Wildman–Crippen LogP) is 3.90. The molecule has 0 aliphatic heterocycles. The maximum atomic E-state index is 12.5. The van der Waals surface area contributed by atoms with Gasteiger partial charge < -0.3 is 10.2 Å². The molecular formula is C15H13F3O3. The van der Waals surface area contributed by atoms with Gasteiger partial charge in [0.15, 0.2) is 0 Å². The van der Waals surface area contributed by atoms with E-state index in [1.54, 1.807) is 12.1 Å². The van der Waals surface area contributed by atoms with E-state index in [0.29, 0.717) is 18.4 Å². The molecule has 0 fully saturated rings. The molecule has 2 N–H and O–H groups in total. The monoisotopic (exact) mass is 298 g/mol. The molecule has 0 saturated heterocycles. The lowest BCUT2D eigenvalue weighted by Gasteiger charge is -2.19. The van der Waals surface area contributed by atoms with E-state index in [4.69, 9.17) is 0 Å². The van der Waals surface area contributed by atoms with Crippen molar-refractivity contribution in [2.24, 2.45) is 0 Å². The highest BCUT2D eigenvalue weighted by atomic mass is 19.4. The molecule has 3 nitrogen and oxygen atoms in total. The zero-order valence-corrected chi connectivity index (χ0v) is 10.9. The first-order valence-corrected chi connectivity index (χ1v) is 6.32. The summed E-state index contributed by atoms with van der Waals surface area (Å²) in [5, 5.41) is 19.3. The number of carbonyl (C=O) groups excluding carboxylic acids is 1. The maximum absolute atomic E-state index is 12.5. The highest BCUT2D eigenvalue weighted by molar-refractivity contribution is 6.00. The fourth-order valence-electron chi connectivity index (χ4n) is 2.23. The lowest BCUT2D eigenvalue weighted by atomic mass is 9.89. The van der Waals surface area contributed by atoms with E-state index < -0.39 is 23.3 Å². The first kappa shape index (κ1) is 15.2. The largest absolute Gasteiger partial charge is 0.508 e. The van der Waals surface area contributed by atoms with E-state index in [0.717, 1.165) is 0 Å². The van der Waals surface area contributed by atoms with Crippen LogP contribution < -0.4 is 0 Å². The lowest BCUT2D eigenvalue weighted by Crippen LogP contribution is -2.27. The minimum atomic E-state index is -4.99.